The van der Waals surface area contributed by atoms with Crippen LogP contribution < -0.4 is 5.32 Å². The molecule has 1 unspecified atom stereocenters. The Morgan fingerprint density at radius 2 is 1.77 bits per heavy atom. The first-order valence-corrected chi connectivity index (χ1v) is 10.9. The van der Waals surface area contributed by atoms with Crippen molar-refractivity contribution in [1.29, 1.82) is 0 Å². The number of amides is 3. The van der Waals surface area contributed by atoms with Gasteiger partial charge in [-0.1, -0.05) is 42.5 Å². The number of benzene rings is 2. The summed E-state index contributed by atoms with van der Waals surface area (Å²) >= 11 is 1.08. The topological polar surface area (TPSA) is 69.7 Å². The number of hydrogen-bond donors (Lipinski definition) is 1. The van der Waals surface area contributed by atoms with Crippen LogP contribution in [0.25, 0.3) is 0 Å². The number of hydrogen-bond acceptors (Lipinski definition) is 4. The first-order valence-electron chi connectivity index (χ1n) is 10.0. The molecule has 158 valence electrons. The fourth-order valence-corrected chi connectivity index (χ4v) is 4.13. The van der Waals surface area contributed by atoms with Gasteiger partial charge in [0.15, 0.2) is 0 Å². The van der Waals surface area contributed by atoms with Gasteiger partial charge >= 0.3 is 0 Å². The maximum atomic E-state index is 12.9. The zero-order chi connectivity index (χ0) is 21.5. The average molecular weight is 426 g/mol. The van der Waals surface area contributed by atoms with Crippen LogP contribution in [0.2, 0.25) is 0 Å². The van der Waals surface area contributed by atoms with Gasteiger partial charge in [0.2, 0.25) is 11.8 Å². The van der Waals surface area contributed by atoms with Gasteiger partial charge in [0.1, 0.15) is 0 Å². The Morgan fingerprint density at radius 3 is 2.50 bits per heavy atom. The monoisotopic (exact) mass is 425 g/mol. The number of anilines is 1. The largest absolute Gasteiger partial charge is 0.342 e. The van der Waals surface area contributed by atoms with E-state index in [4.69, 9.17) is 0 Å². The molecule has 2 aromatic carbocycles. The van der Waals surface area contributed by atoms with Crippen molar-refractivity contribution >= 4 is 34.5 Å². The number of para-hydroxylation sites is 1. The van der Waals surface area contributed by atoms with Gasteiger partial charge in [-0.2, -0.15) is 0 Å². The Bertz CT molecular complexity index is 902. The molecule has 1 fully saturated rings. The van der Waals surface area contributed by atoms with Gasteiger partial charge in [-0.15, -0.1) is 0 Å². The summed E-state index contributed by atoms with van der Waals surface area (Å²) in [4.78, 5) is 41.6. The Balaban J connectivity index is 1.62. The highest BCUT2D eigenvalue weighted by molar-refractivity contribution is 8.13. The maximum absolute atomic E-state index is 12.9. The lowest BCUT2D eigenvalue weighted by Crippen LogP contribution is -2.44. The minimum absolute atomic E-state index is 0.0474. The molecular weight excluding hydrogens is 398 g/mol. The Labute approximate surface area is 181 Å². The summed E-state index contributed by atoms with van der Waals surface area (Å²) in [6, 6.07) is 16.9. The van der Waals surface area contributed by atoms with E-state index in [-0.39, 0.29) is 23.0 Å². The fourth-order valence-electron chi connectivity index (χ4n) is 3.38. The van der Waals surface area contributed by atoms with Gasteiger partial charge in [0.05, 0.1) is 18.0 Å². The summed E-state index contributed by atoms with van der Waals surface area (Å²) < 4.78 is 0. The molecule has 1 saturated heterocycles. The van der Waals surface area contributed by atoms with Crippen molar-refractivity contribution in [2.24, 2.45) is 5.92 Å². The predicted octanol–water partition coefficient (Wildman–Crippen LogP) is 3.88. The van der Waals surface area contributed by atoms with Gasteiger partial charge in [0.25, 0.3) is 5.24 Å². The molecule has 6 nitrogen and oxygen atoms in total. The van der Waals surface area contributed by atoms with Gasteiger partial charge in [-0.05, 0) is 42.3 Å². The van der Waals surface area contributed by atoms with Crippen LogP contribution in [0, 0.1) is 5.92 Å². The highest BCUT2D eigenvalue weighted by Gasteiger charge is 2.29. The molecule has 30 heavy (non-hydrogen) atoms. The molecule has 3 rings (SSSR count). The predicted molar refractivity (Wildman–Crippen MR) is 119 cm³/mol. The number of piperidine rings is 1. The molecule has 1 heterocycles. The SMILES string of the molecule is CN(C)C(=O)Sc1ccccc1NC(=O)C1CCCN(C(=O)Cc2ccccc2)C1. The zero-order valence-electron chi connectivity index (χ0n) is 17.3. The smallest absolute Gasteiger partial charge is 0.286 e. The molecule has 1 aliphatic rings. The van der Waals surface area contributed by atoms with Crippen molar-refractivity contribution in [3.8, 4) is 0 Å². The summed E-state index contributed by atoms with van der Waals surface area (Å²) in [6.07, 6.45) is 1.89. The van der Waals surface area contributed by atoms with Gasteiger partial charge in [-0.3, -0.25) is 14.4 Å². The standard InChI is InChI=1S/C23H27N3O3S/c1-25(2)23(29)30-20-13-7-6-12-19(20)24-22(28)18-11-8-14-26(16-18)21(27)15-17-9-4-3-5-10-17/h3-7,9-10,12-13,18H,8,11,14-16H2,1-2H3,(H,24,28). The molecule has 0 bridgehead atoms. The molecule has 7 heteroatoms. The third-order valence-corrected chi connectivity index (χ3v) is 6.17. The molecule has 0 spiro atoms. The van der Waals surface area contributed by atoms with Crippen LogP contribution in [0.5, 0.6) is 0 Å². The second-order valence-electron chi connectivity index (χ2n) is 7.59. The van der Waals surface area contributed by atoms with Crippen LogP contribution in [0.15, 0.2) is 59.5 Å². The molecule has 0 aromatic heterocycles. The Morgan fingerprint density at radius 1 is 1.07 bits per heavy atom. The van der Waals surface area contributed by atoms with E-state index in [2.05, 4.69) is 5.32 Å². The number of carbonyl (C=O) groups is 3. The molecular formula is C23H27N3O3S. The van der Waals surface area contributed by atoms with Crippen molar-refractivity contribution in [2.75, 3.05) is 32.5 Å². The fraction of sp³-hybridized carbons (Fsp3) is 0.348. The Kier molecular flexibility index (Phi) is 7.52. The van der Waals surface area contributed by atoms with Gasteiger partial charge in [0, 0.05) is 32.1 Å². The molecule has 1 N–H and O–H groups in total. The van der Waals surface area contributed by atoms with E-state index in [0.717, 1.165) is 30.2 Å². The van der Waals surface area contributed by atoms with Crippen molar-refractivity contribution < 1.29 is 14.4 Å². The summed E-state index contributed by atoms with van der Waals surface area (Å²) in [6.45, 7) is 1.10. The number of likely N-dealkylation sites (tertiary alicyclic amines) is 1. The van der Waals surface area contributed by atoms with Crippen LogP contribution in [-0.4, -0.2) is 54.0 Å². The van der Waals surface area contributed by atoms with E-state index >= 15 is 0 Å². The quantitative estimate of drug-likeness (QED) is 0.738. The minimum atomic E-state index is -0.263. The highest BCUT2D eigenvalue weighted by atomic mass is 32.2. The molecule has 1 atom stereocenters. The summed E-state index contributed by atoms with van der Waals surface area (Å²) in [5.74, 6) is -0.329. The Hall–Kier alpha value is -2.80. The molecule has 3 amide bonds. The summed E-state index contributed by atoms with van der Waals surface area (Å²) in [5, 5.41) is 2.86. The highest BCUT2D eigenvalue weighted by Crippen LogP contribution is 2.29. The normalized spacial score (nSPS) is 16.1. The van der Waals surface area contributed by atoms with Crippen LogP contribution >= 0.6 is 11.8 Å². The summed E-state index contributed by atoms with van der Waals surface area (Å²) in [5.41, 5.74) is 1.60. The first kappa shape index (κ1) is 21.9. The van der Waals surface area contributed by atoms with Gasteiger partial charge in [-0.25, -0.2) is 0 Å². The van der Waals surface area contributed by atoms with E-state index in [9.17, 15) is 14.4 Å². The van der Waals surface area contributed by atoms with Crippen molar-refractivity contribution in [3.05, 3.63) is 60.2 Å². The van der Waals surface area contributed by atoms with E-state index in [0.29, 0.717) is 30.1 Å². The van der Waals surface area contributed by atoms with Crippen molar-refractivity contribution in [2.45, 2.75) is 24.2 Å². The van der Waals surface area contributed by atoms with Crippen molar-refractivity contribution in [1.82, 2.24) is 9.80 Å². The van der Waals surface area contributed by atoms with E-state index in [1.165, 1.54) is 4.90 Å². The average Bonchev–Trinajstić information content (AvgIpc) is 2.75. The lowest BCUT2D eigenvalue weighted by molar-refractivity contribution is -0.133. The van der Waals surface area contributed by atoms with Gasteiger partial charge < -0.3 is 15.1 Å². The first-order chi connectivity index (χ1) is 14.4. The third-order valence-electron chi connectivity index (χ3n) is 5.05. The third kappa shape index (κ3) is 5.86. The van der Waals surface area contributed by atoms with Crippen LogP contribution in [0.4, 0.5) is 10.5 Å². The molecule has 1 aliphatic heterocycles. The minimum Gasteiger partial charge on any atom is -0.342 e. The second kappa shape index (κ2) is 10.3. The lowest BCUT2D eigenvalue weighted by Gasteiger charge is -2.32. The second-order valence-corrected chi connectivity index (χ2v) is 8.58. The number of thioether (sulfide) groups is 1. The molecule has 0 radical (unpaired) electrons. The van der Waals surface area contributed by atoms with Crippen molar-refractivity contribution in [3.63, 3.8) is 0 Å². The summed E-state index contributed by atoms with van der Waals surface area (Å²) in [7, 11) is 3.39. The number of nitrogens with zero attached hydrogens (tertiary/aromatic N) is 2. The molecule has 0 saturated carbocycles. The number of nitrogens with one attached hydrogen (secondary N) is 1. The van der Waals surface area contributed by atoms with E-state index in [1.807, 2.05) is 48.5 Å². The number of carbonyl (C=O) groups excluding carboxylic acids is 3. The van der Waals surface area contributed by atoms with E-state index in [1.54, 1.807) is 25.1 Å². The zero-order valence-corrected chi connectivity index (χ0v) is 18.2. The van der Waals surface area contributed by atoms with Crippen LogP contribution in [0.1, 0.15) is 18.4 Å². The molecule has 0 aliphatic carbocycles. The van der Waals surface area contributed by atoms with E-state index < -0.39 is 0 Å². The molecule has 2 aromatic rings. The lowest BCUT2D eigenvalue weighted by atomic mass is 9.96. The maximum Gasteiger partial charge on any atom is 0.286 e. The van der Waals surface area contributed by atoms with Crippen LogP contribution in [0.3, 0.4) is 0 Å². The number of rotatable bonds is 5. The van der Waals surface area contributed by atoms with Crippen LogP contribution in [-0.2, 0) is 16.0 Å².